The van der Waals surface area contributed by atoms with Gasteiger partial charge >= 0.3 is 0 Å². The van der Waals surface area contributed by atoms with Crippen LogP contribution in [0.2, 0.25) is 0 Å². The van der Waals surface area contributed by atoms with Gasteiger partial charge in [0.1, 0.15) is 5.92 Å². The van der Waals surface area contributed by atoms with Crippen LogP contribution in [0.3, 0.4) is 0 Å². The number of nitro benzene ring substituents is 2. The number of imide groups is 1. The number of rotatable bonds is 5. The van der Waals surface area contributed by atoms with Crippen molar-refractivity contribution >= 4 is 34.6 Å². The van der Waals surface area contributed by atoms with Crippen LogP contribution in [-0.2, 0) is 14.4 Å². The van der Waals surface area contributed by atoms with Crippen molar-refractivity contribution in [2.75, 3.05) is 9.96 Å². The summed E-state index contributed by atoms with van der Waals surface area (Å²) in [6, 6.07) is 19.1. The van der Waals surface area contributed by atoms with Crippen molar-refractivity contribution in [3.8, 4) is 0 Å². The highest BCUT2D eigenvalue weighted by atomic mass is 16.7. The number of nitro groups is 2. The van der Waals surface area contributed by atoms with Crippen molar-refractivity contribution in [2.24, 2.45) is 5.92 Å². The normalized spacial score (nSPS) is 21.6. The van der Waals surface area contributed by atoms with Crippen LogP contribution in [-0.4, -0.2) is 27.8 Å². The van der Waals surface area contributed by atoms with Crippen molar-refractivity contribution in [2.45, 2.75) is 12.1 Å². The summed E-state index contributed by atoms with van der Waals surface area (Å²) in [5, 5.41) is 23.6. The van der Waals surface area contributed by atoms with Crippen molar-refractivity contribution in [3.63, 3.8) is 0 Å². The number of non-ortho nitro benzene ring substituents is 2. The summed E-state index contributed by atoms with van der Waals surface area (Å²) in [4.78, 5) is 54.8. The first-order valence-corrected chi connectivity index (χ1v) is 10.2. The summed E-state index contributed by atoms with van der Waals surface area (Å²) in [7, 11) is 0. The Kier molecular flexibility index (Phi) is 5.02. The highest BCUT2D eigenvalue weighted by Gasteiger charge is 2.60. The second kappa shape index (κ2) is 8.05. The van der Waals surface area contributed by atoms with Gasteiger partial charge in [-0.2, -0.15) is 0 Å². The minimum absolute atomic E-state index is 0.157. The van der Waals surface area contributed by atoms with E-state index in [1.165, 1.54) is 47.5 Å². The second-order valence-electron chi connectivity index (χ2n) is 7.80. The molecule has 2 fully saturated rings. The van der Waals surface area contributed by atoms with Crippen molar-refractivity contribution in [3.05, 3.63) is 105 Å². The highest BCUT2D eigenvalue weighted by molar-refractivity contribution is 6.24. The van der Waals surface area contributed by atoms with Gasteiger partial charge in [0.05, 0.1) is 27.3 Å². The summed E-state index contributed by atoms with van der Waals surface area (Å²) in [5.41, 5.74) is 0.897. The molecule has 11 nitrogen and oxygen atoms in total. The number of nitrogens with zero attached hydrogens (tertiary/aromatic N) is 4. The lowest BCUT2D eigenvalue weighted by Gasteiger charge is -2.28. The Morgan fingerprint density at radius 2 is 1.41 bits per heavy atom. The zero-order valence-corrected chi connectivity index (χ0v) is 17.4. The molecule has 0 radical (unpaired) electrons. The van der Waals surface area contributed by atoms with Crippen LogP contribution in [0.15, 0.2) is 78.9 Å². The number of hydrogen-bond donors (Lipinski definition) is 0. The number of amides is 2. The van der Waals surface area contributed by atoms with E-state index < -0.39 is 39.7 Å². The standard InChI is InChI=1S/C23H16N4O7/c28-22-19-20(14-5-2-1-3-6-14)25(17-7-4-8-18(13-17)27(32)33)34-21(19)23(29)24(22)15-9-11-16(12-10-15)26(30)31/h1-13,19-21H. The average Bonchev–Trinajstić information content (AvgIpc) is 3.35. The van der Waals surface area contributed by atoms with Gasteiger partial charge in [0, 0.05) is 24.3 Å². The van der Waals surface area contributed by atoms with E-state index in [0.717, 1.165) is 4.90 Å². The van der Waals surface area contributed by atoms with Gasteiger partial charge in [-0.25, -0.2) is 9.96 Å². The minimum atomic E-state index is -1.16. The fraction of sp³-hybridized carbons (Fsp3) is 0.130. The number of fused-ring (bicyclic) bond motifs is 1. The van der Waals surface area contributed by atoms with Gasteiger partial charge in [0.15, 0.2) is 6.10 Å². The monoisotopic (exact) mass is 460 g/mol. The van der Waals surface area contributed by atoms with Crippen LogP contribution in [0.5, 0.6) is 0 Å². The molecule has 2 saturated heterocycles. The van der Waals surface area contributed by atoms with E-state index in [-0.39, 0.29) is 17.1 Å². The summed E-state index contributed by atoms with van der Waals surface area (Å²) >= 11 is 0. The topological polar surface area (TPSA) is 136 Å². The molecule has 0 saturated carbocycles. The van der Waals surface area contributed by atoms with Crippen molar-refractivity contribution in [1.29, 1.82) is 0 Å². The maximum absolute atomic E-state index is 13.5. The van der Waals surface area contributed by atoms with Gasteiger partial charge in [-0.05, 0) is 23.8 Å². The molecule has 3 aromatic rings. The van der Waals surface area contributed by atoms with Gasteiger partial charge in [0.25, 0.3) is 17.3 Å². The Bertz CT molecular complexity index is 1310. The van der Waals surface area contributed by atoms with Crippen LogP contribution in [0.1, 0.15) is 11.6 Å². The van der Waals surface area contributed by atoms with E-state index in [9.17, 15) is 29.8 Å². The average molecular weight is 460 g/mol. The van der Waals surface area contributed by atoms with E-state index in [1.54, 1.807) is 36.4 Å². The Morgan fingerprint density at radius 3 is 2.06 bits per heavy atom. The number of hydroxylamine groups is 1. The molecule has 0 aromatic heterocycles. The fourth-order valence-corrected chi connectivity index (χ4v) is 4.35. The maximum Gasteiger partial charge on any atom is 0.271 e. The second-order valence-corrected chi connectivity index (χ2v) is 7.80. The van der Waals surface area contributed by atoms with Crippen LogP contribution in [0, 0.1) is 26.1 Å². The Balaban J connectivity index is 1.55. The van der Waals surface area contributed by atoms with Gasteiger partial charge in [-0.15, -0.1) is 0 Å². The molecule has 2 aliphatic rings. The Hall–Kier alpha value is -4.64. The number of carbonyl (C=O) groups is 2. The highest BCUT2D eigenvalue weighted by Crippen LogP contribution is 2.48. The summed E-state index contributed by atoms with van der Waals surface area (Å²) < 4.78 is 0. The van der Waals surface area contributed by atoms with Gasteiger partial charge in [-0.1, -0.05) is 36.4 Å². The third-order valence-corrected chi connectivity index (χ3v) is 5.87. The first-order valence-electron chi connectivity index (χ1n) is 10.2. The Labute approximate surface area is 192 Å². The van der Waals surface area contributed by atoms with E-state index in [2.05, 4.69) is 0 Å². The smallest absolute Gasteiger partial charge is 0.271 e. The van der Waals surface area contributed by atoms with Crippen molar-refractivity contribution < 1.29 is 24.3 Å². The lowest BCUT2D eigenvalue weighted by atomic mass is 9.90. The van der Waals surface area contributed by atoms with Crippen LogP contribution in [0.25, 0.3) is 0 Å². The molecule has 3 aromatic carbocycles. The predicted octanol–water partition coefficient (Wildman–Crippen LogP) is 3.55. The maximum atomic E-state index is 13.5. The Morgan fingerprint density at radius 1 is 0.735 bits per heavy atom. The predicted molar refractivity (Wildman–Crippen MR) is 119 cm³/mol. The summed E-state index contributed by atoms with van der Waals surface area (Å²) in [6.45, 7) is 0. The van der Waals surface area contributed by atoms with E-state index in [1.807, 2.05) is 0 Å². The molecular weight excluding hydrogens is 444 g/mol. The SMILES string of the molecule is O=C1C2ON(c3cccc([N+](=O)[O-])c3)C(c3ccccc3)C2C(=O)N1c1ccc([N+](=O)[O-])cc1. The molecule has 0 spiro atoms. The molecule has 2 amide bonds. The number of benzene rings is 3. The van der Waals surface area contributed by atoms with Gasteiger partial charge in [0.2, 0.25) is 5.91 Å². The summed E-state index contributed by atoms with van der Waals surface area (Å²) in [5.74, 6) is -2.06. The molecule has 170 valence electrons. The third-order valence-electron chi connectivity index (χ3n) is 5.87. The number of anilines is 2. The fourth-order valence-electron chi connectivity index (χ4n) is 4.35. The zero-order chi connectivity index (χ0) is 24.0. The van der Waals surface area contributed by atoms with E-state index in [0.29, 0.717) is 11.3 Å². The lowest BCUT2D eigenvalue weighted by Crippen LogP contribution is -2.37. The van der Waals surface area contributed by atoms with Gasteiger partial charge in [-0.3, -0.25) is 34.7 Å². The molecule has 0 bridgehead atoms. The molecule has 3 unspecified atom stereocenters. The van der Waals surface area contributed by atoms with Crippen LogP contribution < -0.4 is 9.96 Å². The van der Waals surface area contributed by atoms with Crippen LogP contribution >= 0.6 is 0 Å². The molecule has 11 heteroatoms. The first-order chi connectivity index (χ1) is 16.4. The summed E-state index contributed by atoms with van der Waals surface area (Å²) in [6.07, 6.45) is -1.16. The third kappa shape index (κ3) is 3.35. The van der Waals surface area contributed by atoms with Crippen LogP contribution in [0.4, 0.5) is 22.7 Å². The minimum Gasteiger partial charge on any atom is -0.273 e. The zero-order valence-electron chi connectivity index (χ0n) is 17.4. The molecule has 5 rings (SSSR count). The first kappa shape index (κ1) is 21.2. The molecule has 2 aliphatic heterocycles. The number of carbonyl (C=O) groups excluding carboxylic acids is 2. The van der Waals surface area contributed by atoms with Gasteiger partial charge < -0.3 is 0 Å². The lowest BCUT2D eigenvalue weighted by molar-refractivity contribution is -0.385. The molecule has 0 N–H and O–H groups in total. The largest absolute Gasteiger partial charge is 0.273 e. The van der Waals surface area contributed by atoms with E-state index >= 15 is 0 Å². The molecule has 34 heavy (non-hydrogen) atoms. The van der Waals surface area contributed by atoms with Crippen molar-refractivity contribution in [1.82, 2.24) is 0 Å². The molecule has 3 atom stereocenters. The molecular formula is C23H16N4O7. The molecule has 0 aliphatic carbocycles. The van der Waals surface area contributed by atoms with E-state index in [4.69, 9.17) is 4.84 Å². The quantitative estimate of drug-likeness (QED) is 0.320. The molecule has 2 heterocycles. The number of hydrogen-bond acceptors (Lipinski definition) is 8.